The first-order valence-electron chi connectivity index (χ1n) is 6.64. The molecule has 0 radical (unpaired) electrons. The van der Waals surface area contributed by atoms with Gasteiger partial charge in [-0.3, -0.25) is 0 Å². The molecule has 18 heavy (non-hydrogen) atoms. The second-order valence-corrected chi connectivity index (χ2v) is 4.38. The van der Waals surface area contributed by atoms with Crippen molar-refractivity contribution < 1.29 is 4.42 Å². The fourth-order valence-electron chi connectivity index (χ4n) is 2.07. The molecule has 0 aromatic carbocycles. The Labute approximate surface area is 108 Å². The molecule has 0 bridgehead atoms. The number of furan rings is 1. The number of imidazole rings is 1. The highest BCUT2D eigenvalue weighted by molar-refractivity contribution is 5.15. The van der Waals surface area contributed by atoms with Crippen molar-refractivity contribution in [1.82, 2.24) is 14.9 Å². The monoisotopic (exact) mass is 247 g/mol. The zero-order valence-corrected chi connectivity index (χ0v) is 11.1. The Morgan fingerprint density at radius 3 is 2.94 bits per heavy atom. The molecule has 1 atom stereocenters. The van der Waals surface area contributed by atoms with Gasteiger partial charge in [0.1, 0.15) is 17.6 Å². The molecule has 0 aliphatic heterocycles. The SMILES string of the molecule is CCCNC(c1ccco1)c1nccn1CCC. The molecule has 0 amide bonds. The fourth-order valence-corrected chi connectivity index (χ4v) is 2.07. The predicted octanol–water partition coefficient (Wildman–Crippen LogP) is 2.98. The summed E-state index contributed by atoms with van der Waals surface area (Å²) >= 11 is 0. The summed E-state index contributed by atoms with van der Waals surface area (Å²) in [4.78, 5) is 4.48. The minimum Gasteiger partial charge on any atom is -0.467 e. The molecule has 2 aromatic rings. The molecule has 0 spiro atoms. The maximum atomic E-state index is 5.53. The van der Waals surface area contributed by atoms with Crippen molar-refractivity contribution in [2.45, 2.75) is 39.3 Å². The summed E-state index contributed by atoms with van der Waals surface area (Å²) in [6.45, 7) is 6.26. The summed E-state index contributed by atoms with van der Waals surface area (Å²) in [5.41, 5.74) is 0. The number of aryl methyl sites for hydroxylation is 1. The summed E-state index contributed by atoms with van der Waals surface area (Å²) < 4.78 is 7.72. The van der Waals surface area contributed by atoms with E-state index in [1.165, 1.54) is 0 Å². The van der Waals surface area contributed by atoms with E-state index in [4.69, 9.17) is 4.42 Å². The zero-order chi connectivity index (χ0) is 12.8. The largest absolute Gasteiger partial charge is 0.467 e. The number of rotatable bonds is 7. The van der Waals surface area contributed by atoms with Crippen molar-refractivity contribution in [1.29, 1.82) is 0 Å². The highest BCUT2D eigenvalue weighted by Crippen LogP contribution is 2.21. The topological polar surface area (TPSA) is 43.0 Å². The van der Waals surface area contributed by atoms with E-state index in [0.29, 0.717) is 0 Å². The summed E-state index contributed by atoms with van der Waals surface area (Å²) in [5, 5.41) is 3.50. The van der Waals surface area contributed by atoms with E-state index < -0.39 is 0 Å². The minimum atomic E-state index is 0.0431. The molecule has 0 saturated heterocycles. The smallest absolute Gasteiger partial charge is 0.133 e. The maximum Gasteiger partial charge on any atom is 0.133 e. The van der Waals surface area contributed by atoms with E-state index in [1.807, 2.05) is 24.5 Å². The van der Waals surface area contributed by atoms with Gasteiger partial charge in [0.25, 0.3) is 0 Å². The third-order valence-corrected chi connectivity index (χ3v) is 2.90. The van der Waals surface area contributed by atoms with Gasteiger partial charge < -0.3 is 14.3 Å². The van der Waals surface area contributed by atoms with Crippen LogP contribution in [-0.2, 0) is 6.54 Å². The van der Waals surface area contributed by atoms with Gasteiger partial charge in [-0.05, 0) is 31.5 Å². The van der Waals surface area contributed by atoms with Crippen LogP contribution >= 0.6 is 0 Å². The van der Waals surface area contributed by atoms with Crippen LogP contribution in [0.25, 0.3) is 0 Å². The van der Waals surface area contributed by atoms with E-state index in [0.717, 1.165) is 37.5 Å². The fraction of sp³-hybridized carbons (Fsp3) is 0.500. The van der Waals surface area contributed by atoms with Crippen molar-refractivity contribution >= 4 is 0 Å². The quantitative estimate of drug-likeness (QED) is 0.818. The number of aromatic nitrogens is 2. The molecule has 4 heteroatoms. The second-order valence-electron chi connectivity index (χ2n) is 4.38. The van der Waals surface area contributed by atoms with Gasteiger partial charge in [0.05, 0.1) is 6.26 Å². The Morgan fingerprint density at radius 1 is 1.39 bits per heavy atom. The number of hydrogen-bond donors (Lipinski definition) is 1. The van der Waals surface area contributed by atoms with Crippen LogP contribution in [0.2, 0.25) is 0 Å². The Morgan fingerprint density at radius 2 is 2.28 bits per heavy atom. The third kappa shape index (κ3) is 2.82. The molecule has 1 N–H and O–H groups in total. The molecule has 98 valence electrons. The summed E-state index contributed by atoms with van der Waals surface area (Å²) in [6.07, 6.45) is 7.79. The molecule has 2 heterocycles. The third-order valence-electron chi connectivity index (χ3n) is 2.90. The average Bonchev–Trinajstić information content (AvgIpc) is 3.02. The lowest BCUT2D eigenvalue weighted by Crippen LogP contribution is -2.26. The van der Waals surface area contributed by atoms with Crippen LogP contribution in [0.1, 0.15) is 44.3 Å². The van der Waals surface area contributed by atoms with Crippen LogP contribution in [0, 0.1) is 0 Å². The lowest BCUT2D eigenvalue weighted by molar-refractivity contribution is 0.424. The first kappa shape index (κ1) is 12.9. The normalized spacial score (nSPS) is 12.8. The van der Waals surface area contributed by atoms with Crippen molar-refractivity contribution in [3.63, 3.8) is 0 Å². The van der Waals surface area contributed by atoms with Crippen LogP contribution in [0.15, 0.2) is 35.2 Å². The summed E-state index contributed by atoms with van der Waals surface area (Å²) in [7, 11) is 0. The van der Waals surface area contributed by atoms with E-state index >= 15 is 0 Å². The van der Waals surface area contributed by atoms with Gasteiger partial charge >= 0.3 is 0 Å². The Balaban J connectivity index is 2.24. The van der Waals surface area contributed by atoms with Gasteiger partial charge in [-0.1, -0.05) is 13.8 Å². The van der Waals surface area contributed by atoms with Gasteiger partial charge in [0.2, 0.25) is 0 Å². The molecule has 1 unspecified atom stereocenters. The Bertz CT molecular complexity index is 447. The van der Waals surface area contributed by atoms with Crippen LogP contribution in [0.3, 0.4) is 0 Å². The zero-order valence-electron chi connectivity index (χ0n) is 11.1. The van der Waals surface area contributed by atoms with Crippen LogP contribution < -0.4 is 5.32 Å². The number of nitrogens with one attached hydrogen (secondary N) is 1. The first-order chi connectivity index (χ1) is 8.86. The Hall–Kier alpha value is -1.55. The van der Waals surface area contributed by atoms with Gasteiger partial charge in [-0.15, -0.1) is 0 Å². The molecule has 0 aliphatic rings. The predicted molar refractivity (Wildman–Crippen MR) is 71.4 cm³/mol. The van der Waals surface area contributed by atoms with Crippen LogP contribution in [-0.4, -0.2) is 16.1 Å². The highest BCUT2D eigenvalue weighted by Gasteiger charge is 2.20. The molecule has 2 aromatic heterocycles. The second kappa shape index (κ2) is 6.40. The van der Waals surface area contributed by atoms with E-state index in [2.05, 4.69) is 28.7 Å². The molecule has 4 nitrogen and oxygen atoms in total. The minimum absolute atomic E-state index is 0.0431. The van der Waals surface area contributed by atoms with Crippen molar-refractivity contribution in [3.05, 3.63) is 42.4 Å². The van der Waals surface area contributed by atoms with Crippen molar-refractivity contribution in [2.24, 2.45) is 0 Å². The maximum absolute atomic E-state index is 5.53. The van der Waals surface area contributed by atoms with E-state index in [-0.39, 0.29) is 6.04 Å². The van der Waals surface area contributed by atoms with Crippen LogP contribution in [0.5, 0.6) is 0 Å². The molecular weight excluding hydrogens is 226 g/mol. The van der Waals surface area contributed by atoms with E-state index in [1.54, 1.807) is 6.26 Å². The summed E-state index contributed by atoms with van der Waals surface area (Å²) in [5.74, 6) is 1.95. The summed E-state index contributed by atoms with van der Waals surface area (Å²) in [6, 6.07) is 3.96. The van der Waals surface area contributed by atoms with Gasteiger partial charge in [0, 0.05) is 18.9 Å². The molecule has 0 saturated carbocycles. The average molecular weight is 247 g/mol. The molecule has 0 fully saturated rings. The number of hydrogen-bond acceptors (Lipinski definition) is 3. The highest BCUT2D eigenvalue weighted by atomic mass is 16.3. The van der Waals surface area contributed by atoms with Crippen molar-refractivity contribution in [3.8, 4) is 0 Å². The molecular formula is C14H21N3O. The molecule has 0 aliphatic carbocycles. The van der Waals surface area contributed by atoms with Crippen LogP contribution in [0.4, 0.5) is 0 Å². The van der Waals surface area contributed by atoms with Gasteiger partial charge in [0.15, 0.2) is 0 Å². The van der Waals surface area contributed by atoms with E-state index in [9.17, 15) is 0 Å². The molecule has 2 rings (SSSR count). The lowest BCUT2D eigenvalue weighted by atomic mass is 10.2. The Kier molecular flexibility index (Phi) is 4.59. The van der Waals surface area contributed by atoms with Crippen molar-refractivity contribution in [2.75, 3.05) is 6.54 Å². The van der Waals surface area contributed by atoms with Gasteiger partial charge in [-0.2, -0.15) is 0 Å². The lowest BCUT2D eigenvalue weighted by Gasteiger charge is -2.17. The first-order valence-corrected chi connectivity index (χ1v) is 6.64. The number of nitrogens with zero attached hydrogens (tertiary/aromatic N) is 2. The standard InChI is InChI=1S/C14H21N3O/c1-3-7-15-13(12-6-5-11-18-12)14-16-8-10-17(14)9-4-2/h5-6,8,10-11,13,15H,3-4,7,9H2,1-2H3. The van der Waals surface area contributed by atoms with Gasteiger partial charge in [-0.25, -0.2) is 4.98 Å².